The minimum atomic E-state index is 0.594. The highest BCUT2D eigenvalue weighted by atomic mass is 15.3. The van der Waals surface area contributed by atoms with Gasteiger partial charge in [-0.1, -0.05) is 55.5 Å². The third-order valence-corrected chi connectivity index (χ3v) is 4.48. The fourth-order valence-electron chi connectivity index (χ4n) is 3.15. The molecule has 2 aromatic carbocycles. The van der Waals surface area contributed by atoms with Gasteiger partial charge in [-0.05, 0) is 31.0 Å². The van der Waals surface area contributed by atoms with Crippen molar-refractivity contribution in [1.82, 2.24) is 19.7 Å². The first-order valence-corrected chi connectivity index (χ1v) is 8.85. The highest BCUT2D eigenvalue weighted by Gasteiger charge is 2.13. The predicted molar refractivity (Wildman–Crippen MR) is 105 cm³/mol. The van der Waals surface area contributed by atoms with Crippen molar-refractivity contribution in [2.24, 2.45) is 0 Å². The minimum absolute atomic E-state index is 0.594. The van der Waals surface area contributed by atoms with Gasteiger partial charge in [0.1, 0.15) is 5.69 Å². The molecule has 5 nitrogen and oxygen atoms in total. The summed E-state index contributed by atoms with van der Waals surface area (Å²) in [5.41, 5.74) is 4.26. The molecule has 0 atom stereocenters. The van der Waals surface area contributed by atoms with Gasteiger partial charge in [-0.2, -0.15) is 4.98 Å². The Hall–Kier alpha value is -3.21. The number of aromatic nitrogens is 4. The number of rotatable bonds is 5. The molecule has 0 spiro atoms. The lowest BCUT2D eigenvalue weighted by Gasteiger charge is -2.12. The second kappa shape index (κ2) is 6.96. The molecule has 0 aliphatic carbocycles. The van der Waals surface area contributed by atoms with Gasteiger partial charge in [0.05, 0.1) is 5.52 Å². The quantitative estimate of drug-likeness (QED) is 0.587. The zero-order valence-corrected chi connectivity index (χ0v) is 15.0. The van der Waals surface area contributed by atoms with Crippen LogP contribution in [0.25, 0.3) is 16.9 Å². The molecule has 0 saturated carbocycles. The fraction of sp³-hybridized carbons (Fsp3) is 0.190. The lowest BCUT2D eigenvalue weighted by Crippen LogP contribution is -2.12. The number of anilines is 1. The summed E-state index contributed by atoms with van der Waals surface area (Å²) in [6.45, 7) is 4.83. The van der Waals surface area contributed by atoms with Crippen LogP contribution in [0.2, 0.25) is 0 Å². The average Bonchev–Trinajstić information content (AvgIpc) is 3.02. The van der Waals surface area contributed by atoms with E-state index >= 15 is 0 Å². The van der Waals surface area contributed by atoms with E-state index in [4.69, 9.17) is 4.98 Å². The van der Waals surface area contributed by atoms with Gasteiger partial charge >= 0.3 is 0 Å². The van der Waals surface area contributed by atoms with E-state index in [1.165, 1.54) is 10.9 Å². The van der Waals surface area contributed by atoms with Gasteiger partial charge in [0.15, 0.2) is 5.82 Å². The molecule has 0 bridgehead atoms. The maximum absolute atomic E-state index is 4.79. The molecule has 26 heavy (non-hydrogen) atoms. The first-order valence-electron chi connectivity index (χ1n) is 8.85. The number of benzene rings is 2. The van der Waals surface area contributed by atoms with Gasteiger partial charge in [0.2, 0.25) is 0 Å². The zero-order valence-electron chi connectivity index (χ0n) is 15.0. The molecule has 0 amide bonds. The summed E-state index contributed by atoms with van der Waals surface area (Å²) in [6.07, 6.45) is 0.781. The Morgan fingerprint density at radius 3 is 2.54 bits per heavy atom. The van der Waals surface area contributed by atoms with Crippen LogP contribution in [0, 0.1) is 6.92 Å². The summed E-state index contributed by atoms with van der Waals surface area (Å²) in [4.78, 5) is 4.79. The maximum atomic E-state index is 4.79. The first kappa shape index (κ1) is 16.3. The molecular weight excluding hydrogens is 322 g/mol. The standard InChI is InChI=1S/C21H21N5/c1-3-18-20(22-14-16-9-5-4-6-10-16)23-21(25-24-18)26-15(2)13-17-11-7-8-12-19(17)26/h4-13H,3,14H2,1-2H3,(H,22,23,25). The molecule has 0 saturated heterocycles. The van der Waals surface area contributed by atoms with Gasteiger partial charge in [-0.25, -0.2) is 0 Å². The lowest BCUT2D eigenvalue weighted by molar-refractivity contribution is 0.813. The Kier molecular flexibility index (Phi) is 4.35. The van der Waals surface area contributed by atoms with Gasteiger partial charge in [0.25, 0.3) is 5.95 Å². The Balaban J connectivity index is 1.72. The van der Waals surface area contributed by atoms with Crippen molar-refractivity contribution >= 4 is 16.7 Å². The molecule has 4 aromatic rings. The number of nitrogens with zero attached hydrogens (tertiary/aromatic N) is 4. The number of hydrogen-bond acceptors (Lipinski definition) is 4. The number of para-hydroxylation sites is 1. The molecule has 2 heterocycles. The van der Waals surface area contributed by atoms with Crippen LogP contribution in [-0.2, 0) is 13.0 Å². The molecule has 2 aromatic heterocycles. The second-order valence-corrected chi connectivity index (χ2v) is 6.28. The van der Waals surface area contributed by atoms with Crippen molar-refractivity contribution in [2.75, 3.05) is 5.32 Å². The largest absolute Gasteiger partial charge is 0.364 e. The van der Waals surface area contributed by atoms with E-state index in [0.717, 1.165) is 29.1 Å². The molecule has 130 valence electrons. The van der Waals surface area contributed by atoms with E-state index in [9.17, 15) is 0 Å². The van der Waals surface area contributed by atoms with E-state index in [2.05, 4.69) is 64.3 Å². The lowest BCUT2D eigenvalue weighted by atomic mass is 10.2. The topological polar surface area (TPSA) is 55.6 Å². The first-order chi connectivity index (χ1) is 12.8. The minimum Gasteiger partial charge on any atom is -0.364 e. The van der Waals surface area contributed by atoms with Gasteiger partial charge in [-0.3, -0.25) is 4.57 Å². The predicted octanol–water partition coefficient (Wildman–Crippen LogP) is 4.30. The third kappa shape index (κ3) is 3.04. The summed E-state index contributed by atoms with van der Waals surface area (Å²) in [7, 11) is 0. The third-order valence-electron chi connectivity index (χ3n) is 4.48. The van der Waals surface area contributed by atoms with Gasteiger partial charge in [-0.15, -0.1) is 10.2 Å². The number of fused-ring (bicyclic) bond motifs is 1. The Morgan fingerprint density at radius 1 is 0.962 bits per heavy atom. The van der Waals surface area contributed by atoms with E-state index in [1.807, 2.05) is 30.3 Å². The summed E-state index contributed by atoms with van der Waals surface area (Å²) < 4.78 is 2.05. The normalized spacial score (nSPS) is 11.0. The number of nitrogens with one attached hydrogen (secondary N) is 1. The molecule has 0 radical (unpaired) electrons. The van der Waals surface area contributed by atoms with Crippen molar-refractivity contribution < 1.29 is 0 Å². The number of aryl methyl sites for hydroxylation is 2. The van der Waals surface area contributed by atoms with Crippen molar-refractivity contribution in [3.63, 3.8) is 0 Å². The molecule has 1 N–H and O–H groups in total. The smallest absolute Gasteiger partial charge is 0.256 e. The van der Waals surface area contributed by atoms with E-state index < -0.39 is 0 Å². The molecule has 0 unspecified atom stereocenters. The van der Waals surface area contributed by atoms with Crippen LogP contribution in [0.15, 0.2) is 60.7 Å². The highest BCUT2D eigenvalue weighted by Crippen LogP contribution is 2.23. The van der Waals surface area contributed by atoms with Crippen LogP contribution in [0.3, 0.4) is 0 Å². The summed E-state index contributed by atoms with van der Waals surface area (Å²) in [5, 5.41) is 13.4. The molecule has 5 heteroatoms. The summed E-state index contributed by atoms with van der Waals surface area (Å²) in [5.74, 6) is 1.38. The average molecular weight is 343 g/mol. The second-order valence-electron chi connectivity index (χ2n) is 6.28. The van der Waals surface area contributed by atoms with Crippen LogP contribution in [0.1, 0.15) is 23.9 Å². The van der Waals surface area contributed by atoms with Crippen molar-refractivity contribution in [3.8, 4) is 5.95 Å². The van der Waals surface area contributed by atoms with Gasteiger partial charge < -0.3 is 5.32 Å². The highest BCUT2D eigenvalue weighted by molar-refractivity contribution is 5.82. The Labute approximate surface area is 152 Å². The maximum Gasteiger partial charge on any atom is 0.256 e. The monoisotopic (exact) mass is 343 g/mol. The van der Waals surface area contributed by atoms with Crippen LogP contribution in [0.5, 0.6) is 0 Å². The van der Waals surface area contributed by atoms with E-state index in [-0.39, 0.29) is 0 Å². The van der Waals surface area contributed by atoms with Crippen LogP contribution in [0.4, 0.5) is 5.82 Å². The van der Waals surface area contributed by atoms with E-state index in [0.29, 0.717) is 12.5 Å². The zero-order chi connectivity index (χ0) is 17.9. The van der Waals surface area contributed by atoms with Crippen LogP contribution >= 0.6 is 0 Å². The molecule has 0 aliphatic rings. The molecular formula is C21H21N5. The molecule has 4 rings (SSSR count). The van der Waals surface area contributed by atoms with Crippen molar-refractivity contribution in [1.29, 1.82) is 0 Å². The summed E-state index contributed by atoms with van der Waals surface area (Å²) >= 11 is 0. The SMILES string of the molecule is CCc1nnc(-n2c(C)cc3ccccc32)nc1NCc1ccccc1. The Morgan fingerprint density at radius 2 is 1.73 bits per heavy atom. The number of hydrogen-bond donors (Lipinski definition) is 1. The van der Waals surface area contributed by atoms with Crippen LogP contribution in [-0.4, -0.2) is 19.7 Å². The van der Waals surface area contributed by atoms with Gasteiger partial charge in [0, 0.05) is 17.6 Å². The van der Waals surface area contributed by atoms with E-state index in [1.54, 1.807) is 0 Å². The molecule has 0 aliphatic heterocycles. The van der Waals surface area contributed by atoms with Crippen molar-refractivity contribution in [3.05, 3.63) is 77.6 Å². The summed E-state index contributed by atoms with van der Waals surface area (Å²) in [6, 6.07) is 20.7. The fourth-order valence-corrected chi connectivity index (χ4v) is 3.15. The van der Waals surface area contributed by atoms with Crippen molar-refractivity contribution in [2.45, 2.75) is 26.8 Å². The molecule has 0 fully saturated rings. The van der Waals surface area contributed by atoms with Crippen LogP contribution < -0.4 is 5.32 Å². The Bertz CT molecular complexity index is 1040.